The molecule has 0 radical (unpaired) electrons. The molecular formula is C77H135NO8. The third-order valence-electron chi connectivity index (χ3n) is 16.6. The first-order chi connectivity index (χ1) is 42.3. The van der Waals surface area contributed by atoms with E-state index >= 15 is 0 Å². The molecule has 0 aromatic heterocycles. The number of allylic oxidation sites excluding steroid dienone is 17. The highest BCUT2D eigenvalue weighted by atomic mass is 16.7. The Balaban J connectivity index is 2.12. The van der Waals surface area contributed by atoms with Crippen molar-refractivity contribution in [1.29, 1.82) is 0 Å². The van der Waals surface area contributed by atoms with Gasteiger partial charge in [-0.15, -0.1) is 0 Å². The molecule has 0 aromatic carbocycles. The lowest BCUT2D eigenvalue weighted by Crippen LogP contribution is -2.60. The summed E-state index contributed by atoms with van der Waals surface area (Å²) in [5, 5.41) is 54.8. The zero-order valence-corrected chi connectivity index (χ0v) is 55.5. The Morgan fingerprint density at radius 1 is 0.407 bits per heavy atom. The van der Waals surface area contributed by atoms with Gasteiger partial charge in [-0.2, -0.15) is 0 Å². The number of rotatable bonds is 62. The summed E-state index contributed by atoms with van der Waals surface area (Å²) in [7, 11) is 0. The lowest BCUT2D eigenvalue weighted by atomic mass is 9.99. The van der Waals surface area contributed by atoms with Crippen molar-refractivity contribution in [2.24, 2.45) is 0 Å². The van der Waals surface area contributed by atoms with Crippen LogP contribution < -0.4 is 5.32 Å². The van der Waals surface area contributed by atoms with Crippen molar-refractivity contribution in [3.05, 3.63) is 109 Å². The predicted molar refractivity (Wildman–Crippen MR) is 368 cm³/mol. The molecule has 7 atom stereocenters. The monoisotopic (exact) mass is 1200 g/mol. The van der Waals surface area contributed by atoms with Crippen LogP contribution in [0.2, 0.25) is 0 Å². The molecule has 9 heteroatoms. The molecule has 0 spiro atoms. The Morgan fingerprint density at radius 2 is 0.721 bits per heavy atom. The second-order valence-electron chi connectivity index (χ2n) is 24.7. The lowest BCUT2D eigenvalue weighted by molar-refractivity contribution is -0.302. The number of aliphatic hydroxyl groups is 5. The number of unbranched alkanes of at least 4 members (excludes halogenated alkanes) is 36. The molecule has 1 amide bonds. The van der Waals surface area contributed by atoms with E-state index in [9.17, 15) is 30.3 Å². The number of nitrogens with one attached hydrogen (secondary N) is 1. The highest BCUT2D eigenvalue weighted by Gasteiger charge is 2.44. The van der Waals surface area contributed by atoms with Gasteiger partial charge in [0.2, 0.25) is 5.91 Å². The van der Waals surface area contributed by atoms with Crippen LogP contribution in [0.3, 0.4) is 0 Å². The van der Waals surface area contributed by atoms with E-state index in [1.165, 1.54) is 205 Å². The van der Waals surface area contributed by atoms with Crippen molar-refractivity contribution >= 4 is 5.91 Å². The van der Waals surface area contributed by atoms with Gasteiger partial charge in [-0.25, -0.2) is 0 Å². The van der Waals surface area contributed by atoms with Gasteiger partial charge < -0.3 is 40.3 Å². The number of amides is 1. The Hall–Kier alpha value is -3.15. The van der Waals surface area contributed by atoms with Crippen LogP contribution in [0.25, 0.3) is 0 Å². The van der Waals surface area contributed by atoms with E-state index in [4.69, 9.17) is 9.47 Å². The van der Waals surface area contributed by atoms with Gasteiger partial charge >= 0.3 is 0 Å². The van der Waals surface area contributed by atoms with Crippen LogP contribution in [0.4, 0.5) is 0 Å². The Kier molecular flexibility index (Phi) is 61.0. The summed E-state index contributed by atoms with van der Waals surface area (Å²) in [4.78, 5) is 13.1. The molecule has 7 unspecified atom stereocenters. The number of hydrogen-bond acceptors (Lipinski definition) is 8. The molecule has 1 fully saturated rings. The SMILES string of the molecule is CC/C=C\C/C=C\C/C=C\C/C=C\C/C=C\C/C=C\C/C=C\C/C=C\CCCCCCCCCCCCCCCCC(=O)NC(COC1OC(CO)C(O)C(O)C1O)C(O)/C=C/CCCCCCCCCCCCCCCCCCCCCCCC. The number of carbonyl (C=O) groups is 1. The molecule has 496 valence electrons. The molecular weight excluding hydrogens is 1070 g/mol. The maximum Gasteiger partial charge on any atom is 0.220 e. The summed E-state index contributed by atoms with van der Waals surface area (Å²) < 4.78 is 11.3. The van der Waals surface area contributed by atoms with Crippen molar-refractivity contribution in [3.8, 4) is 0 Å². The fourth-order valence-electron chi connectivity index (χ4n) is 11.0. The zero-order valence-electron chi connectivity index (χ0n) is 55.5. The Morgan fingerprint density at radius 3 is 1.07 bits per heavy atom. The van der Waals surface area contributed by atoms with Gasteiger partial charge in [-0.1, -0.05) is 335 Å². The van der Waals surface area contributed by atoms with Crippen LogP contribution in [0.5, 0.6) is 0 Å². The van der Waals surface area contributed by atoms with E-state index in [0.29, 0.717) is 6.42 Å². The van der Waals surface area contributed by atoms with Gasteiger partial charge in [-0.05, 0) is 83.5 Å². The first-order valence-electron chi connectivity index (χ1n) is 36.1. The summed E-state index contributed by atoms with van der Waals surface area (Å²) in [6.45, 7) is 3.70. The van der Waals surface area contributed by atoms with E-state index in [0.717, 1.165) is 89.9 Å². The maximum atomic E-state index is 13.1. The van der Waals surface area contributed by atoms with E-state index in [1.54, 1.807) is 6.08 Å². The Labute approximate surface area is 529 Å². The fourth-order valence-corrected chi connectivity index (χ4v) is 11.0. The minimum Gasteiger partial charge on any atom is -0.394 e. The number of hydrogen-bond donors (Lipinski definition) is 6. The second kappa shape index (κ2) is 64.8. The van der Waals surface area contributed by atoms with Crippen LogP contribution >= 0.6 is 0 Å². The topological polar surface area (TPSA) is 149 Å². The summed E-state index contributed by atoms with van der Waals surface area (Å²) in [6.07, 6.45) is 89.0. The summed E-state index contributed by atoms with van der Waals surface area (Å²) in [5.41, 5.74) is 0. The third kappa shape index (κ3) is 52.8. The van der Waals surface area contributed by atoms with Gasteiger partial charge in [0.05, 0.1) is 25.4 Å². The molecule has 0 aromatic rings. The van der Waals surface area contributed by atoms with Crippen LogP contribution in [0, 0.1) is 0 Å². The molecule has 1 aliphatic heterocycles. The van der Waals surface area contributed by atoms with Crippen LogP contribution in [0.15, 0.2) is 109 Å². The Bertz CT molecular complexity index is 1730. The highest BCUT2D eigenvalue weighted by Crippen LogP contribution is 2.23. The van der Waals surface area contributed by atoms with Crippen LogP contribution in [-0.4, -0.2) is 87.5 Å². The maximum absolute atomic E-state index is 13.1. The predicted octanol–water partition coefficient (Wildman–Crippen LogP) is 20.0. The zero-order chi connectivity index (χ0) is 62.1. The fraction of sp³-hybridized carbons (Fsp3) is 0.753. The smallest absolute Gasteiger partial charge is 0.220 e. The normalized spacial score (nSPS) is 18.7. The first-order valence-corrected chi connectivity index (χ1v) is 36.1. The second-order valence-corrected chi connectivity index (χ2v) is 24.7. The van der Waals surface area contributed by atoms with E-state index in [-0.39, 0.29) is 12.5 Å². The third-order valence-corrected chi connectivity index (χ3v) is 16.6. The molecule has 0 aliphatic carbocycles. The van der Waals surface area contributed by atoms with Gasteiger partial charge in [0, 0.05) is 6.42 Å². The van der Waals surface area contributed by atoms with Crippen molar-refractivity contribution < 1.29 is 39.8 Å². The van der Waals surface area contributed by atoms with E-state index < -0.39 is 49.5 Å². The highest BCUT2D eigenvalue weighted by molar-refractivity contribution is 5.76. The molecule has 0 saturated carbocycles. The van der Waals surface area contributed by atoms with Crippen molar-refractivity contribution in [2.45, 2.75) is 358 Å². The number of ether oxygens (including phenoxy) is 2. The standard InChI is InChI=1S/C77H135NO8/c1-3-5-7-9-11-13-15-17-19-21-23-25-27-29-30-31-32-33-34-35-36-37-38-39-40-41-42-43-45-47-49-51-53-55-57-59-61-63-65-67-73(81)78-70(69-85-77-76(84)75(83)74(82)72(68-79)86-77)71(80)66-64-62-60-58-56-54-52-50-48-46-44-28-26-24-22-20-18-16-14-12-10-8-6-4-2/h5,7,11,13,17,19,23,25,29-30,32-33,35-36,38-39,64,66,70-72,74-77,79-80,82-84H,3-4,6,8-10,12,14-16,18,20-22,24,26-28,31,34,37,40-63,65,67-69H2,1-2H3,(H,78,81)/b7-5-,13-11-,19-17-,25-23-,30-29-,33-32-,36-35-,39-38-,66-64+. The molecule has 0 bridgehead atoms. The first kappa shape index (κ1) is 80.9. The summed E-state index contributed by atoms with van der Waals surface area (Å²) in [5.74, 6) is -0.177. The molecule has 1 aliphatic rings. The molecule has 1 saturated heterocycles. The van der Waals surface area contributed by atoms with Gasteiger partial charge in [-0.3, -0.25) is 4.79 Å². The van der Waals surface area contributed by atoms with E-state index in [1.807, 2.05) is 6.08 Å². The minimum atomic E-state index is -1.57. The summed E-state index contributed by atoms with van der Waals surface area (Å²) >= 11 is 0. The molecule has 1 heterocycles. The van der Waals surface area contributed by atoms with Crippen LogP contribution in [0.1, 0.15) is 316 Å². The number of aliphatic hydroxyl groups excluding tert-OH is 5. The quantitative estimate of drug-likeness (QED) is 0.0261. The average Bonchev–Trinajstić information content (AvgIpc) is 3.55. The van der Waals surface area contributed by atoms with Gasteiger partial charge in [0.25, 0.3) is 0 Å². The van der Waals surface area contributed by atoms with Crippen molar-refractivity contribution in [3.63, 3.8) is 0 Å². The van der Waals surface area contributed by atoms with Crippen molar-refractivity contribution in [2.75, 3.05) is 13.2 Å². The molecule has 86 heavy (non-hydrogen) atoms. The lowest BCUT2D eigenvalue weighted by Gasteiger charge is -2.40. The van der Waals surface area contributed by atoms with Gasteiger partial charge in [0.1, 0.15) is 24.4 Å². The average molecular weight is 1200 g/mol. The number of carbonyl (C=O) groups excluding carboxylic acids is 1. The largest absolute Gasteiger partial charge is 0.394 e. The summed E-state index contributed by atoms with van der Waals surface area (Å²) in [6, 6.07) is -0.812. The van der Waals surface area contributed by atoms with E-state index in [2.05, 4.69) is 116 Å². The molecule has 9 nitrogen and oxygen atoms in total. The minimum absolute atomic E-state index is 0.177. The molecule has 1 rings (SSSR count). The van der Waals surface area contributed by atoms with Crippen molar-refractivity contribution in [1.82, 2.24) is 5.32 Å². The molecule has 6 N–H and O–H groups in total. The van der Waals surface area contributed by atoms with Crippen LogP contribution in [-0.2, 0) is 14.3 Å². The van der Waals surface area contributed by atoms with Gasteiger partial charge in [0.15, 0.2) is 6.29 Å².